The van der Waals surface area contributed by atoms with Crippen LogP contribution in [0.4, 0.5) is 13.2 Å². The second-order valence-corrected chi connectivity index (χ2v) is 7.31. The molecule has 0 fully saturated rings. The number of hydrogen-bond acceptors (Lipinski definition) is 5. The maximum Gasteiger partial charge on any atom is 0.432 e. The highest BCUT2D eigenvalue weighted by molar-refractivity contribution is 6.28. The van der Waals surface area contributed by atoms with E-state index < -0.39 is 11.9 Å². The largest absolute Gasteiger partial charge is 0.432 e. The van der Waals surface area contributed by atoms with Gasteiger partial charge in [0.1, 0.15) is 5.70 Å². The first kappa shape index (κ1) is 21.6. The van der Waals surface area contributed by atoms with Gasteiger partial charge < -0.3 is 10.6 Å². The summed E-state index contributed by atoms with van der Waals surface area (Å²) in [4.78, 5) is 9.39. The fourth-order valence-electron chi connectivity index (χ4n) is 2.82. The van der Waals surface area contributed by atoms with Crippen LogP contribution >= 0.6 is 11.6 Å². The van der Waals surface area contributed by atoms with E-state index >= 15 is 0 Å². The van der Waals surface area contributed by atoms with E-state index in [0.717, 1.165) is 17.1 Å². The molecule has 30 heavy (non-hydrogen) atoms. The van der Waals surface area contributed by atoms with Gasteiger partial charge in [-0.25, -0.2) is 4.98 Å². The lowest BCUT2D eigenvalue weighted by Gasteiger charge is -2.28. The fraction of sp³-hybridized carbons (Fsp3) is 0.250. The summed E-state index contributed by atoms with van der Waals surface area (Å²) in [5, 5.41) is 5.26. The van der Waals surface area contributed by atoms with Crippen molar-refractivity contribution in [2.24, 2.45) is 5.73 Å². The maximum absolute atomic E-state index is 12.8. The molecule has 0 atom stereocenters. The van der Waals surface area contributed by atoms with Gasteiger partial charge in [0, 0.05) is 30.3 Å². The molecule has 2 aromatic heterocycles. The van der Waals surface area contributed by atoms with Gasteiger partial charge in [0.05, 0.1) is 11.9 Å². The monoisotopic (exact) mass is 436 g/mol. The van der Waals surface area contributed by atoms with Crippen molar-refractivity contribution >= 4 is 28.3 Å². The molecule has 0 aliphatic carbocycles. The van der Waals surface area contributed by atoms with Gasteiger partial charge in [0.2, 0.25) is 5.28 Å². The third-order valence-corrected chi connectivity index (χ3v) is 4.57. The van der Waals surface area contributed by atoms with Crippen molar-refractivity contribution in [2.45, 2.75) is 32.6 Å². The topological polar surface area (TPSA) is 72.9 Å². The summed E-state index contributed by atoms with van der Waals surface area (Å²) in [6.07, 6.45) is -0.312. The molecule has 0 unspecified atom stereocenters. The normalized spacial score (nSPS) is 12.6. The van der Waals surface area contributed by atoms with Gasteiger partial charge in [-0.2, -0.15) is 23.3 Å². The van der Waals surface area contributed by atoms with Crippen LogP contribution in [0.1, 0.15) is 25.0 Å². The van der Waals surface area contributed by atoms with Crippen LogP contribution in [0.15, 0.2) is 55.1 Å². The molecule has 0 amide bonds. The standard InChI is InChI=1S/C20H20ClF3N6/c1-12(2)30(11-17(25)20(22,23)24)13(3)15-6-4-14(5-7-15)9-29-10-16-8-26-19(21)27-18(16)28-29/h4-8,10-12H,3,9,25H2,1-2H3/b17-11-. The minimum atomic E-state index is -4.60. The highest BCUT2D eigenvalue weighted by atomic mass is 35.5. The Balaban J connectivity index is 1.78. The number of aromatic nitrogens is 4. The first-order chi connectivity index (χ1) is 14.0. The van der Waals surface area contributed by atoms with Crippen LogP contribution in [0.5, 0.6) is 0 Å². The van der Waals surface area contributed by atoms with Crippen LogP contribution in [0, 0.1) is 0 Å². The molecule has 0 saturated carbocycles. The number of nitrogens with zero attached hydrogens (tertiary/aromatic N) is 5. The Labute approximate surface area is 176 Å². The van der Waals surface area contributed by atoms with Crippen LogP contribution in [0.25, 0.3) is 16.7 Å². The van der Waals surface area contributed by atoms with Gasteiger partial charge in [-0.05, 0) is 36.6 Å². The molecule has 2 N–H and O–H groups in total. The number of hydrogen-bond donors (Lipinski definition) is 1. The second-order valence-electron chi connectivity index (χ2n) is 6.97. The minimum absolute atomic E-state index is 0.130. The van der Waals surface area contributed by atoms with Gasteiger partial charge >= 0.3 is 6.18 Å². The molecule has 0 saturated heterocycles. The first-order valence-electron chi connectivity index (χ1n) is 9.01. The van der Waals surface area contributed by atoms with Crippen LogP contribution in [0.3, 0.4) is 0 Å². The van der Waals surface area contributed by atoms with E-state index in [4.69, 9.17) is 17.3 Å². The molecular weight excluding hydrogens is 417 g/mol. The van der Waals surface area contributed by atoms with Crippen LogP contribution in [-0.4, -0.2) is 36.9 Å². The lowest BCUT2D eigenvalue weighted by atomic mass is 10.1. The molecule has 158 valence electrons. The lowest BCUT2D eigenvalue weighted by molar-refractivity contribution is -0.0936. The number of alkyl halides is 3. The van der Waals surface area contributed by atoms with Crippen molar-refractivity contribution in [3.8, 4) is 0 Å². The first-order valence-corrected chi connectivity index (χ1v) is 9.39. The van der Waals surface area contributed by atoms with Gasteiger partial charge in [-0.15, -0.1) is 0 Å². The van der Waals surface area contributed by atoms with Crippen LogP contribution in [0.2, 0.25) is 5.28 Å². The number of nitrogens with two attached hydrogens (primary N) is 1. The summed E-state index contributed by atoms with van der Waals surface area (Å²) in [5.74, 6) is 0. The zero-order valence-corrected chi connectivity index (χ0v) is 17.1. The molecule has 0 aliphatic rings. The van der Waals surface area contributed by atoms with Crippen molar-refractivity contribution in [1.29, 1.82) is 0 Å². The van der Waals surface area contributed by atoms with E-state index in [2.05, 4.69) is 21.6 Å². The van der Waals surface area contributed by atoms with E-state index in [1.807, 2.05) is 18.3 Å². The Bertz CT molecular complexity index is 1090. The fourth-order valence-corrected chi connectivity index (χ4v) is 2.95. The predicted octanol–water partition coefficient (Wildman–Crippen LogP) is 4.57. The Kier molecular flexibility index (Phi) is 6.02. The van der Waals surface area contributed by atoms with Crippen molar-refractivity contribution in [3.05, 3.63) is 71.5 Å². The number of fused-ring (bicyclic) bond motifs is 1. The predicted molar refractivity (Wildman–Crippen MR) is 110 cm³/mol. The third-order valence-electron chi connectivity index (χ3n) is 4.38. The van der Waals surface area contributed by atoms with Gasteiger partial charge in [0.25, 0.3) is 0 Å². The van der Waals surface area contributed by atoms with E-state index in [9.17, 15) is 13.2 Å². The molecule has 10 heteroatoms. The van der Waals surface area contributed by atoms with Crippen molar-refractivity contribution in [2.75, 3.05) is 0 Å². The van der Waals surface area contributed by atoms with E-state index in [1.54, 1.807) is 36.9 Å². The van der Waals surface area contributed by atoms with E-state index in [1.165, 1.54) is 4.90 Å². The van der Waals surface area contributed by atoms with Gasteiger partial charge in [-0.3, -0.25) is 4.68 Å². The van der Waals surface area contributed by atoms with Crippen LogP contribution in [-0.2, 0) is 6.54 Å². The number of halogens is 4. The summed E-state index contributed by atoms with van der Waals surface area (Å²) >= 11 is 5.78. The van der Waals surface area contributed by atoms with Gasteiger partial charge in [-0.1, -0.05) is 30.8 Å². The van der Waals surface area contributed by atoms with Crippen LogP contribution < -0.4 is 5.73 Å². The maximum atomic E-state index is 12.8. The Morgan fingerprint density at radius 3 is 2.57 bits per heavy atom. The SMILES string of the molecule is C=C(c1ccc(Cn2cc3cnc(Cl)nc3n2)cc1)N(/C=C(\N)C(F)(F)F)C(C)C. The molecule has 0 radical (unpaired) electrons. The van der Waals surface area contributed by atoms with E-state index in [0.29, 0.717) is 23.5 Å². The zero-order valence-electron chi connectivity index (χ0n) is 16.4. The molecule has 0 aliphatic heterocycles. The number of allylic oxidation sites excluding steroid dienone is 1. The Morgan fingerprint density at radius 1 is 1.30 bits per heavy atom. The summed E-state index contributed by atoms with van der Waals surface area (Å²) in [5.41, 5.74) is 6.55. The molecule has 1 aromatic carbocycles. The molecule has 3 rings (SSSR count). The lowest BCUT2D eigenvalue weighted by Crippen LogP contribution is -2.28. The summed E-state index contributed by atoms with van der Waals surface area (Å²) < 4.78 is 40.2. The molecule has 0 bridgehead atoms. The molecule has 0 spiro atoms. The Morgan fingerprint density at radius 2 is 1.97 bits per heavy atom. The quantitative estimate of drug-likeness (QED) is 0.573. The van der Waals surface area contributed by atoms with Crippen molar-refractivity contribution in [1.82, 2.24) is 24.6 Å². The molecule has 3 aromatic rings. The second kappa shape index (κ2) is 8.35. The van der Waals surface area contributed by atoms with Crippen molar-refractivity contribution < 1.29 is 13.2 Å². The summed E-state index contributed by atoms with van der Waals surface area (Å²) in [6, 6.07) is 7.05. The summed E-state index contributed by atoms with van der Waals surface area (Å²) in [6.45, 7) is 7.95. The van der Waals surface area contributed by atoms with Gasteiger partial charge in [0.15, 0.2) is 5.65 Å². The molecule has 2 heterocycles. The number of benzene rings is 1. The Hall–Kier alpha value is -3.07. The average Bonchev–Trinajstić information content (AvgIpc) is 3.06. The highest BCUT2D eigenvalue weighted by Crippen LogP contribution is 2.26. The highest BCUT2D eigenvalue weighted by Gasteiger charge is 2.32. The molecule has 6 nitrogen and oxygen atoms in total. The number of rotatable bonds is 6. The average molecular weight is 437 g/mol. The zero-order chi connectivity index (χ0) is 22.1. The van der Waals surface area contributed by atoms with E-state index in [-0.39, 0.29) is 11.3 Å². The minimum Gasteiger partial charge on any atom is -0.394 e. The summed E-state index contributed by atoms with van der Waals surface area (Å²) in [7, 11) is 0. The third kappa shape index (κ3) is 4.91. The smallest absolute Gasteiger partial charge is 0.394 e. The molecular formula is C20H20ClF3N6. The van der Waals surface area contributed by atoms with Crippen molar-refractivity contribution in [3.63, 3.8) is 0 Å².